The zero-order valence-corrected chi connectivity index (χ0v) is 23.2. The summed E-state index contributed by atoms with van der Waals surface area (Å²) in [6.45, 7) is 9.19. The average Bonchev–Trinajstić information content (AvgIpc) is 2.83. The van der Waals surface area contributed by atoms with Crippen LogP contribution in [-0.4, -0.2) is 46.0 Å². The SMILES string of the molecule is CCCCCCCN(CCc1ccc(CC(SCc2ccccc2)C(=O)O)cc1)C(=O)OC(C)(C)C. The van der Waals surface area contributed by atoms with E-state index in [2.05, 4.69) is 6.92 Å². The standard InChI is InChI=1S/C30H43NO4S/c1-5-6-7-8-12-20-31(29(34)35-30(2,3)4)21-19-24-15-17-25(18-16-24)22-27(28(32)33)36-23-26-13-10-9-11-14-26/h9-11,13-18,27H,5-8,12,19-23H2,1-4H3,(H,32,33). The monoisotopic (exact) mass is 513 g/mol. The van der Waals surface area contributed by atoms with Gasteiger partial charge >= 0.3 is 12.1 Å². The molecule has 1 unspecified atom stereocenters. The van der Waals surface area contributed by atoms with Crippen molar-refractivity contribution in [2.75, 3.05) is 13.1 Å². The van der Waals surface area contributed by atoms with Crippen LogP contribution in [0.1, 0.15) is 76.5 Å². The van der Waals surface area contributed by atoms with Gasteiger partial charge in [0.15, 0.2) is 0 Å². The lowest BCUT2D eigenvalue weighted by molar-refractivity contribution is -0.136. The van der Waals surface area contributed by atoms with Gasteiger partial charge in [0.25, 0.3) is 0 Å². The van der Waals surface area contributed by atoms with Crippen molar-refractivity contribution in [3.63, 3.8) is 0 Å². The fraction of sp³-hybridized carbons (Fsp3) is 0.533. The van der Waals surface area contributed by atoms with Crippen LogP contribution in [0.15, 0.2) is 54.6 Å². The Morgan fingerprint density at radius 1 is 0.889 bits per heavy atom. The Balaban J connectivity index is 1.91. The number of carbonyl (C=O) groups is 2. The van der Waals surface area contributed by atoms with Crippen molar-refractivity contribution in [1.29, 1.82) is 0 Å². The van der Waals surface area contributed by atoms with Crippen LogP contribution in [0.4, 0.5) is 4.79 Å². The molecule has 2 aromatic carbocycles. The van der Waals surface area contributed by atoms with Gasteiger partial charge < -0.3 is 14.7 Å². The lowest BCUT2D eigenvalue weighted by Gasteiger charge is -2.27. The van der Waals surface area contributed by atoms with Crippen LogP contribution in [0.25, 0.3) is 0 Å². The molecule has 6 heteroatoms. The lowest BCUT2D eigenvalue weighted by Crippen LogP contribution is -2.38. The molecule has 0 bridgehead atoms. The summed E-state index contributed by atoms with van der Waals surface area (Å²) in [5.74, 6) is -0.110. The van der Waals surface area contributed by atoms with Gasteiger partial charge in [-0.15, -0.1) is 11.8 Å². The number of carbonyl (C=O) groups excluding carboxylic acids is 1. The molecular weight excluding hydrogens is 470 g/mol. The van der Waals surface area contributed by atoms with Crippen LogP contribution in [0.3, 0.4) is 0 Å². The molecule has 0 saturated heterocycles. The largest absolute Gasteiger partial charge is 0.480 e. The summed E-state index contributed by atoms with van der Waals surface area (Å²) in [6.07, 6.45) is 6.69. The maximum atomic E-state index is 12.7. The van der Waals surface area contributed by atoms with Crippen LogP contribution >= 0.6 is 11.8 Å². The van der Waals surface area contributed by atoms with Crippen molar-refractivity contribution in [2.24, 2.45) is 0 Å². The molecular formula is C30H43NO4S. The Morgan fingerprint density at radius 3 is 2.14 bits per heavy atom. The molecule has 1 atom stereocenters. The predicted molar refractivity (Wildman–Crippen MR) is 150 cm³/mol. The molecule has 1 N–H and O–H groups in total. The second-order valence-corrected chi connectivity index (χ2v) is 11.5. The summed E-state index contributed by atoms with van der Waals surface area (Å²) in [4.78, 5) is 26.4. The number of nitrogens with zero attached hydrogens (tertiary/aromatic N) is 1. The smallest absolute Gasteiger partial charge is 0.410 e. The highest BCUT2D eigenvalue weighted by molar-refractivity contribution is 7.99. The van der Waals surface area contributed by atoms with Gasteiger partial charge in [-0.05, 0) is 56.7 Å². The third-order valence-corrected chi connectivity index (χ3v) is 7.14. The first-order valence-electron chi connectivity index (χ1n) is 13.1. The van der Waals surface area contributed by atoms with Crippen LogP contribution in [-0.2, 0) is 28.1 Å². The third kappa shape index (κ3) is 12.0. The van der Waals surface area contributed by atoms with Gasteiger partial charge in [0.2, 0.25) is 0 Å². The number of carboxylic acids is 1. The quantitative estimate of drug-likeness (QED) is 0.252. The highest BCUT2D eigenvalue weighted by Gasteiger charge is 2.22. The highest BCUT2D eigenvalue weighted by Crippen LogP contribution is 2.22. The van der Waals surface area contributed by atoms with Crippen molar-refractivity contribution >= 4 is 23.8 Å². The number of amides is 1. The molecule has 0 aromatic heterocycles. The number of unbranched alkanes of at least 4 members (excludes halogenated alkanes) is 4. The van der Waals surface area contributed by atoms with E-state index >= 15 is 0 Å². The van der Waals surface area contributed by atoms with Crippen molar-refractivity contribution in [2.45, 2.75) is 89.2 Å². The molecule has 198 valence electrons. The van der Waals surface area contributed by atoms with Crippen molar-refractivity contribution in [3.05, 3.63) is 71.3 Å². The summed E-state index contributed by atoms with van der Waals surface area (Å²) < 4.78 is 5.64. The fourth-order valence-electron chi connectivity index (χ4n) is 3.84. The lowest BCUT2D eigenvalue weighted by atomic mass is 10.1. The number of hydrogen-bond acceptors (Lipinski definition) is 4. The minimum atomic E-state index is -0.785. The zero-order chi connectivity index (χ0) is 26.4. The van der Waals surface area contributed by atoms with Gasteiger partial charge in [0.05, 0.1) is 0 Å². The Bertz CT molecular complexity index is 909. The number of thioether (sulfide) groups is 1. The molecule has 2 aromatic rings. The Labute approximate surface area is 221 Å². The van der Waals surface area contributed by atoms with Gasteiger partial charge in [-0.3, -0.25) is 4.79 Å². The van der Waals surface area contributed by atoms with Crippen LogP contribution in [0.5, 0.6) is 0 Å². The van der Waals surface area contributed by atoms with Gasteiger partial charge in [-0.2, -0.15) is 0 Å². The maximum Gasteiger partial charge on any atom is 0.410 e. The van der Waals surface area contributed by atoms with E-state index in [9.17, 15) is 14.7 Å². The maximum absolute atomic E-state index is 12.7. The molecule has 1 amide bonds. The Morgan fingerprint density at radius 2 is 1.53 bits per heavy atom. The highest BCUT2D eigenvalue weighted by atomic mass is 32.2. The molecule has 5 nitrogen and oxygen atoms in total. The summed E-state index contributed by atoms with van der Waals surface area (Å²) in [5.41, 5.74) is 2.75. The molecule has 0 saturated carbocycles. The molecule has 0 aliphatic heterocycles. The van der Waals surface area contributed by atoms with E-state index in [4.69, 9.17) is 4.74 Å². The summed E-state index contributed by atoms with van der Waals surface area (Å²) >= 11 is 1.46. The Kier molecular flexibility index (Phi) is 12.9. The summed E-state index contributed by atoms with van der Waals surface area (Å²) in [7, 11) is 0. The van der Waals surface area contributed by atoms with Gasteiger partial charge in [0.1, 0.15) is 10.9 Å². The van der Waals surface area contributed by atoms with Crippen LogP contribution in [0.2, 0.25) is 0 Å². The topological polar surface area (TPSA) is 66.8 Å². The van der Waals surface area contributed by atoms with Gasteiger partial charge in [-0.25, -0.2) is 4.79 Å². The van der Waals surface area contributed by atoms with E-state index in [1.165, 1.54) is 31.0 Å². The first kappa shape index (κ1) is 29.8. The first-order chi connectivity index (χ1) is 17.2. The third-order valence-electron chi connectivity index (χ3n) is 5.87. The number of hydrogen-bond donors (Lipinski definition) is 1. The fourth-order valence-corrected chi connectivity index (χ4v) is 4.87. The van der Waals surface area contributed by atoms with Crippen molar-refractivity contribution in [3.8, 4) is 0 Å². The van der Waals surface area contributed by atoms with Gasteiger partial charge in [-0.1, -0.05) is 87.2 Å². The second kappa shape index (κ2) is 15.6. The van der Waals surface area contributed by atoms with E-state index in [1.807, 2.05) is 80.3 Å². The molecule has 2 rings (SSSR count). The van der Waals surface area contributed by atoms with E-state index in [1.54, 1.807) is 0 Å². The molecule has 0 aliphatic rings. The van der Waals surface area contributed by atoms with Crippen LogP contribution < -0.4 is 0 Å². The second-order valence-electron chi connectivity index (χ2n) is 10.3. The van der Waals surface area contributed by atoms with E-state index in [0.29, 0.717) is 25.3 Å². The number of rotatable bonds is 15. The van der Waals surface area contributed by atoms with E-state index in [-0.39, 0.29) is 6.09 Å². The normalized spacial score (nSPS) is 12.2. The molecule has 0 fully saturated rings. The molecule has 0 heterocycles. The van der Waals surface area contributed by atoms with Gasteiger partial charge in [0, 0.05) is 18.8 Å². The molecule has 0 aliphatic carbocycles. The van der Waals surface area contributed by atoms with Crippen molar-refractivity contribution < 1.29 is 19.4 Å². The summed E-state index contributed by atoms with van der Waals surface area (Å²) in [6, 6.07) is 18.1. The Hall–Kier alpha value is -2.47. The van der Waals surface area contributed by atoms with E-state index < -0.39 is 16.8 Å². The minimum Gasteiger partial charge on any atom is -0.480 e. The molecule has 0 spiro atoms. The first-order valence-corrected chi connectivity index (χ1v) is 14.2. The minimum absolute atomic E-state index is 0.255. The zero-order valence-electron chi connectivity index (χ0n) is 22.4. The van der Waals surface area contributed by atoms with E-state index in [0.717, 1.165) is 36.0 Å². The number of benzene rings is 2. The number of carboxylic acid groups (broad SMARTS) is 1. The average molecular weight is 514 g/mol. The summed E-state index contributed by atoms with van der Waals surface area (Å²) in [5, 5.41) is 9.20. The molecule has 0 radical (unpaired) electrons. The number of aliphatic carboxylic acids is 1. The number of ether oxygens (including phenoxy) is 1. The van der Waals surface area contributed by atoms with Crippen LogP contribution in [0, 0.1) is 0 Å². The molecule has 36 heavy (non-hydrogen) atoms. The van der Waals surface area contributed by atoms with Crippen molar-refractivity contribution in [1.82, 2.24) is 4.90 Å². The predicted octanol–water partition coefficient (Wildman–Crippen LogP) is 7.37.